The van der Waals surface area contributed by atoms with E-state index in [1.54, 1.807) is 6.33 Å². The Bertz CT molecular complexity index is 473. The minimum atomic E-state index is -0.177. The van der Waals surface area contributed by atoms with Gasteiger partial charge in [0, 0.05) is 6.04 Å². The van der Waals surface area contributed by atoms with E-state index in [-0.39, 0.29) is 6.04 Å². The fraction of sp³-hybridized carbons (Fsp3) is 0.333. The van der Waals surface area contributed by atoms with E-state index in [1.165, 1.54) is 12.8 Å². The van der Waals surface area contributed by atoms with Gasteiger partial charge in [0.2, 0.25) is 0 Å². The SMILES string of the molecule is NC(c1ccccc1)c1nncn1C1CC1. The third-order valence-corrected chi connectivity index (χ3v) is 2.98. The Labute approximate surface area is 94.1 Å². The Kier molecular flexibility index (Phi) is 2.22. The molecule has 2 aromatic rings. The second-order valence-corrected chi connectivity index (χ2v) is 4.22. The Balaban J connectivity index is 1.94. The van der Waals surface area contributed by atoms with Gasteiger partial charge < -0.3 is 10.3 Å². The maximum Gasteiger partial charge on any atom is 0.154 e. The zero-order valence-corrected chi connectivity index (χ0v) is 8.95. The van der Waals surface area contributed by atoms with Crippen molar-refractivity contribution in [3.8, 4) is 0 Å². The molecule has 4 nitrogen and oxygen atoms in total. The number of nitrogens with two attached hydrogens (primary N) is 1. The second-order valence-electron chi connectivity index (χ2n) is 4.22. The monoisotopic (exact) mass is 214 g/mol. The van der Waals surface area contributed by atoms with Gasteiger partial charge in [-0.3, -0.25) is 0 Å². The first-order valence-electron chi connectivity index (χ1n) is 5.56. The zero-order valence-electron chi connectivity index (χ0n) is 8.95. The van der Waals surface area contributed by atoms with E-state index in [1.807, 2.05) is 30.3 Å². The molecule has 1 aromatic carbocycles. The lowest BCUT2D eigenvalue weighted by Crippen LogP contribution is -2.17. The number of benzene rings is 1. The molecule has 1 aromatic heterocycles. The van der Waals surface area contributed by atoms with E-state index in [0.717, 1.165) is 11.4 Å². The first-order valence-corrected chi connectivity index (χ1v) is 5.56. The number of hydrogen-bond acceptors (Lipinski definition) is 3. The van der Waals surface area contributed by atoms with Crippen LogP contribution in [-0.2, 0) is 0 Å². The predicted molar refractivity (Wildman–Crippen MR) is 60.8 cm³/mol. The van der Waals surface area contributed by atoms with E-state index < -0.39 is 0 Å². The summed E-state index contributed by atoms with van der Waals surface area (Å²) in [5.41, 5.74) is 7.28. The summed E-state index contributed by atoms with van der Waals surface area (Å²) >= 11 is 0. The van der Waals surface area contributed by atoms with Crippen LogP contribution in [0.5, 0.6) is 0 Å². The maximum atomic E-state index is 6.20. The molecular formula is C12H14N4. The largest absolute Gasteiger partial charge is 0.318 e. The molecular weight excluding hydrogens is 200 g/mol. The maximum absolute atomic E-state index is 6.20. The molecule has 1 unspecified atom stereocenters. The molecule has 1 fully saturated rings. The standard InChI is InChI=1S/C12H14N4/c13-11(9-4-2-1-3-5-9)12-15-14-8-16(12)10-6-7-10/h1-5,8,10-11H,6-7,13H2. The van der Waals surface area contributed by atoms with Crippen molar-refractivity contribution in [3.05, 3.63) is 48.0 Å². The predicted octanol–water partition coefficient (Wildman–Crippen LogP) is 1.66. The summed E-state index contributed by atoms with van der Waals surface area (Å²) in [5, 5.41) is 8.10. The summed E-state index contributed by atoms with van der Waals surface area (Å²) < 4.78 is 2.11. The smallest absolute Gasteiger partial charge is 0.154 e. The van der Waals surface area contributed by atoms with E-state index in [4.69, 9.17) is 5.73 Å². The highest BCUT2D eigenvalue weighted by molar-refractivity contribution is 5.24. The van der Waals surface area contributed by atoms with Crippen LogP contribution in [0, 0.1) is 0 Å². The van der Waals surface area contributed by atoms with Crippen molar-refractivity contribution in [2.45, 2.75) is 24.9 Å². The van der Waals surface area contributed by atoms with Gasteiger partial charge in [0.25, 0.3) is 0 Å². The Morgan fingerprint density at radius 2 is 2.00 bits per heavy atom. The molecule has 1 atom stereocenters. The molecule has 1 heterocycles. The van der Waals surface area contributed by atoms with Crippen molar-refractivity contribution < 1.29 is 0 Å². The van der Waals surface area contributed by atoms with Gasteiger partial charge in [-0.05, 0) is 18.4 Å². The van der Waals surface area contributed by atoms with Crippen LogP contribution in [0.25, 0.3) is 0 Å². The first-order chi connectivity index (χ1) is 7.86. The summed E-state index contributed by atoms with van der Waals surface area (Å²) in [6.07, 6.45) is 4.22. The van der Waals surface area contributed by atoms with Gasteiger partial charge in [-0.1, -0.05) is 30.3 Å². The number of nitrogens with zero attached hydrogens (tertiary/aromatic N) is 3. The molecule has 0 spiro atoms. The van der Waals surface area contributed by atoms with Crippen LogP contribution in [0.1, 0.15) is 36.3 Å². The Morgan fingerprint density at radius 1 is 1.25 bits per heavy atom. The van der Waals surface area contributed by atoms with Crippen LogP contribution in [0.2, 0.25) is 0 Å². The Hall–Kier alpha value is -1.68. The third-order valence-electron chi connectivity index (χ3n) is 2.98. The first kappa shape index (κ1) is 9.54. The number of aromatic nitrogens is 3. The van der Waals surface area contributed by atoms with Crippen LogP contribution < -0.4 is 5.73 Å². The minimum Gasteiger partial charge on any atom is -0.318 e. The molecule has 1 aliphatic rings. The molecule has 0 radical (unpaired) electrons. The van der Waals surface area contributed by atoms with E-state index in [0.29, 0.717) is 6.04 Å². The molecule has 1 aliphatic carbocycles. The Morgan fingerprint density at radius 3 is 2.69 bits per heavy atom. The quantitative estimate of drug-likeness (QED) is 0.845. The van der Waals surface area contributed by atoms with Gasteiger partial charge in [0.15, 0.2) is 5.82 Å². The summed E-state index contributed by atoms with van der Waals surface area (Å²) in [5.74, 6) is 0.869. The van der Waals surface area contributed by atoms with Crippen molar-refractivity contribution in [1.29, 1.82) is 0 Å². The summed E-state index contributed by atoms with van der Waals surface area (Å²) in [6, 6.07) is 10.4. The second kappa shape index (κ2) is 3.72. The lowest BCUT2D eigenvalue weighted by molar-refractivity contribution is 0.643. The number of rotatable bonds is 3. The van der Waals surface area contributed by atoms with Gasteiger partial charge in [-0.25, -0.2) is 0 Å². The summed E-state index contributed by atoms with van der Waals surface area (Å²) in [7, 11) is 0. The highest BCUT2D eigenvalue weighted by Gasteiger charge is 2.28. The molecule has 1 saturated carbocycles. The van der Waals surface area contributed by atoms with E-state index in [2.05, 4.69) is 14.8 Å². The zero-order chi connectivity index (χ0) is 11.0. The van der Waals surface area contributed by atoms with Crippen LogP contribution >= 0.6 is 0 Å². The van der Waals surface area contributed by atoms with Crippen LogP contribution in [0.4, 0.5) is 0 Å². The molecule has 2 N–H and O–H groups in total. The summed E-state index contributed by atoms with van der Waals surface area (Å²) in [6.45, 7) is 0. The highest BCUT2D eigenvalue weighted by Crippen LogP contribution is 2.36. The molecule has 16 heavy (non-hydrogen) atoms. The fourth-order valence-electron chi connectivity index (χ4n) is 1.92. The van der Waals surface area contributed by atoms with Crippen molar-refractivity contribution in [2.75, 3.05) is 0 Å². The minimum absolute atomic E-state index is 0.177. The average molecular weight is 214 g/mol. The molecule has 4 heteroatoms. The molecule has 0 bridgehead atoms. The molecule has 3 rings (SSSR count). The van der Waals surface area contributed by atoms with Crippen molar-refractivity contribution in [3.63, 3.8) is 0 Å². The van der Waals surface area contributed by atoms with Gasteiger partial charge >= 0.3 is 0 Å². The highest BCUT2D eigenvalue weighted by atomic mass is 15.3. The molecule has 0 amide bonds. The van der Waals surface area contributed by atoms with Crippen molar-refractivity contribution in [1.82, 2.24) is 14.8 Å². The van der Waals surface area contributed by atoms with Crippen molar-refractivity contribution in [2.24, 2.45) is 5.73 Å². The normalized spacial score (nSPS) is 17.3. The lowest BCUT2D eigenvalue weighted by atomic mass is 10.1. The molecule has 82 valence electrons. The van der Waals surface area contributed by atoms with Crippen LogP contribution in [0.3, 0.4) is 0 Å². The van der Waals surface area contributed by atoms with Gasteiger partial charge in [-0.2, -0.15) is 0 Å². The topological polar surface area (TPSA) is 56.7 Å². The lowest BCUT2D eigenvalue weighted by Gasteiger charge is -2.12. The van der Waals surface area contributed by atoms with Gasteiger partial charge in [-0.15, -0.1) is 10.2 Å². The number of hydrogen-bond donors (Lipinski definition) is 1. The molecule has 0 saturated heterocycles. The summed E-state index contributed by atoms with van der Waals surface area (Å²) in [4.78, 5) is 0. The van der Waals surface area contributed by atoms with Crippen molar-refractivity contribution >= 4 is 0 Å². The van der Waals surface area contributed by atoms with Crippen LogP contribution in [0.15, 0.2) is 36.7 Å². The van der Waals surface area contributed by atoms with E-state index >= 15 is 0 Å². The van der Waals surface area contributed by atoms with Crippen LogP contribution in [-0.4, -0.2) is 14.8 Å². The van der Waals surface area contributed by atoms with Gasteiger partial charge in [0.1, 0.15) is 6.33 Å². The average Bonchev–Trinajstić information content (AvgIpc) is 3.07. The third kappa shape index (κ3) is 1.61. The molecule has 0 aliphatic heterocycles. The van der Waals surface area contributed by atoms with E-state index in [9.17, 15) is 0 Å². The fourth-order valence-corrected chi connectivity index (χ4v) is 1.92. The van der Waals surface area contributed by atoms with Gasteiger partial charge in [0.05, 0.1) is 6.04 Å².